The van der Waals surface area contributed by atoms with E-state index < -0.39 is 0 Å². The average Bonchev–Trinajstić information content (AvgIpc) is 3.33. The van der Waals surface area contributed by atoms with Crippen LogP contribution in [0, 0.1) is 11.8 Å². The van der Waals surface area contributed by atoms with Crippen LogP contribution in [0.4, 0.5) is 0 Å². The highest BCUT2D eigenvalue weighted by molar-refractivity contribution is 5.79. The highest BCUT2D eigenvalue weighted by atomic mass is 16.5. The van der Waals surface area contributed by atoms with Crippen LogP contribution < -0.4 is 5.32 Å². The van der Waals surface area contributed by atoms with Gasteiger partial charge < -0.3 is 14.5 Å². The maximum Gasteiger partial charge on any atom is 0.224 e. The maximum absolute atomic E-state index is 12.6. The molecule has 0 spiro atoms. The van der Waals surface area contributed by atoms with Crippen molar-refractivity contribution >= 4 is 5.91 Å². The van der Waals surface area contributed by atoms with Crippen LogP contribution in [0.15, 0.2) is 22.8 Å². The van der Waals surface area contributed by atoms with Gasteiger partial charge >= 0.3 is 0 Å². The summed E-state index contributed by atoms with van der Waals surface area (Å²) in [5, 5.41) is 3.03. The summed E-state index contributed by atoms with van der Waals surface area (Å²) in [6.45, 7) is 3.34. The topological polar surface area (TPSA) is 54.7 Å². The van der Waals surface area contributed by atoms with Crippen molar-refractivity contribution in [1.82, 2.24) is 10.2 Å². The molecule has 0 radical (unpaired) electrons. The predicted octanol–water partition coefficient (Wildman–Crippen LogP) is 2.57. The molecule has 2 saturated heterocycles. The summed E-state index contributed by atoms with van der Waals surface area (Å²) in [5.41, 5.74) is 0. The van der Waals surface area contributed by atoms with E-state index >= 15 is 0 Å². The first kappa shape index (κ1) is 16.2. The van der Waals surface area contributed by atoms with E-state index in [1.54, 1.807) is 6.26 Å². The van der Waals surface area contributed by atoms with Gasteiger partial charge in [0, 0.05) is 25.7 Å². The van der Waals surface area contributed by atoms with Gasteiger partial charge in [-0.3, -0.25) is 9.69 Å². The average molecular weight is 332 g/mol. The van der Waals surface area contributed by atoms with Gasteiger partial charge in [0.05, 0.1) is 24.8 Å². The predicted molar refractivity (Wildman–Crippen MR) is 90.3 cm³/mol. The molecule has 0 aromatic carbocycles. The van der Waals surface area contributed by atoms with Crippen molar-refractivity contribution in [2.45, 2.75) is 57.2 Å². The van der Waals surface area contributed by atoms with Crippen molar-refractivity contribution in [3.05, 3.63) is 24.2 Å². The SMILES string of the molecule is O=C(NCc1ccco1)[C@H]1C[C@H]2OCC[C@H]2N(CC2CCCC2)C1. The Morgan fingerprint density at radius 3 is 2.96 bits per heavy atom. The Bertz CT molecular complexity index is 539. The van der Waals surface area contributed by atoms with Gasteiger partial charge in [0.1, 0.15) is 5.76 Å². The van der Waals surface area contributed by atoms with Crippen LogP contribution in [0.25, 0.3) is 0 Å². The molecule has 4 rings (SSSR count). The van der Waals surface area contributed by atoms with Gasteiger partial charge in [-0.05, 0) is 43.7 Å². The summed E-state index contributed by atoms with van der Waals surface area (Å²) in [4.78, 5) is 15.2. The number of amides is 1. The van der Waals surface area contributed by atoms with Gasteiger partial charge in [-0.2, -0.15) is 0 Å². The van der Waals surface area contributed by atoms with Crippen LogP contribution in [0.1, 0.15) is 44.3 Å². The molecular weight excluding hydrogens is 304 g/mol. The molecule has 0 unspecified atom stereocenters. The lowest BCUT2D eigenvalue weighted by atomic mass is 9.88. The minimum absolute atomic E-state index is 0.0284. The van der Waals surface area contributed by atoms with E-state index in [4.69, 9.17) is 9.15 Å². The molecule has 1 aliphatic carbocycles. The first-order chi connectivity index (χ1) is 11.8. The second kappa shape index (κ2) is 7.28. The summed E-state index contributed by atoms with van der Waals surface area (Å²) in [6, 6.07) is 4.27. The fourth-order valence-corrected chi connectivity index (χ4v) is 4.71. The summed E-state index contributed by atoms with van der Waals surface area (Å²) >= 11 is 0. The number of piperidine rings is 1. The molecule has 3 aliphatic rings. The monoisotopic (exact) mass is 332 g/mol. The van der Waals surface area contributed by atoms with E-state index in [1.807, 2.05) is 12.1 Å². The molecule has 0 bridgehead atoms. The van der Waals surface area contributed by atoms with Crippen LogP contribution in [0.2, 0.25) is 0 Å². The van der Waals surface area contributed by atoms with Gasteiger partial charge in [-0.1, -0.05) is 12.8 Å². The number of nitrogens with zero attached hydrogens (tertiary/aromatic N) is 1. The Hall–Kier alpha value is -1.33. The van der Waals surface area contributed by atoms with Crippen molar-refractivity contribution in [3.8, 4) is 0 Å². The number of fused-ring (bicyclic) bond motifs is 1. The second-order valence-electron chi connectivity index (χ2n) is 7.60. The van der Waals surface area contributed by atoms with E-state index in [-0.39, 0.29) is 17.9 Å². The number of carbonyl (C=O) groups is 1. The molecule has 3 atom stereocenters. The van der Waals surface area contributed by atoms with Crippen molar-refractivity contribution in [2.75, 3.05) is 19.7 Å². The van der Waals surface area contributed by atoms with Crippen molar-refractivity contribution in [1.29, 1.82) is 0 Å². The molecule has 132 valence electrons. The zero-order chi connectivity index (χ0) is 16.4. The van der Waals surface area contributed by atoms with E-state index in [2.05, 4.69) is 10.2 Å². The van der Waals surface area contributed by atoms with Crippen molar-refractivity contribution < 1.29 is 13.9 Å². The Labute approximate surface area is 143 Å². The molecule has 2 aliphatic heterocycles. The minimum atomic E-state index is 0.0284. The highest BCUT2D eigenvalue weighted by Crippen LogP contribution is 2.34. The molecule has 3 heterocycles. The first-order valence-electron chi connectivity index (χ1n) is 9.45. The largest absolute Gasteiger partial charge is 0.467 e. The quantitative estimate of drug-likeness (QED) is 0.900. The van der Waals surface area contributed by atoms with E-state index in [1.165, 1.54) is 25.7 Å². The lowest BCUT2D eigenvalue weighted by Gasteiger charge is -2.41. The molecule has 1 aromatic heterocycles. The zero-order valence-electron chi connectivity index (χ0n) is 14.3. The Morgan fingerprint density at radius 1 is 1.29 bits per heavy atom. The molecule has 5 nitrogen and oxygen atoms in total. The lowest BCUT2D eigenvalue weighted by Crippen LogP contribution is -2.53. The van der Waals surface area contributed by atoms with Gasteiger partial charge in [-0.15, -0.1) is 0 Å². The summed E-state index contributed by atoms with van der Waals surface area (Å²) in [5.74, 6) is 1.78. The molecule has 1 amide bonds. The molecule has 24 heavy (non-hydrogen) atoms. The molecule has 5 heteroatoms. The van der Waals surface area contributed by atoms with Gasteiger partial charge in [0.2, 0.25) is 5.91 Å². The van der Waals surface area contributed by atoms with Crippen molar-refractivity contribution in [3.63, 3.8) is 0 Å². The number of carbonyl (C=O) groups excluding carboxylic acids is 1. The number of rotatable bonds is 5. The minimum Gasteiger partial charge on any atom is -0.467 e. The second-order valence-corrected chi connectivity index (χ2v) is 7.60. The smallest absolute Gasteiger partial charge is 0.224 e. The zero-order valence-corrected chi connectivity index (χ0v) is 14.3. The summed E-state index contributed by atoms with van der Waals surface area (Å²) in [7, 11) is 0. The number of ether oxygens (including phenoxy) is 1. The third-order valence-corrected chi connectivity index (χ3v) is 5.97. The molecule has 1 aromatic rings. The fraction of sp³-hybridized carbons (Fsp3) is 0.737. The summed E-state index contributed by atoms with van der Waals surface area (Å²) < 4.78 is 11.2. The lowest BCUT2D eigenvalue weighted by molar-refractivity contribution is -0.130. The van der Waals surface area contributed by atoms with Gasteiger partial charge in [0.25, 0.3) is 0 Å². The number of hydrogen-bond acceptors (Lipinski definition) is 4. The van der Waals surface area contributed by atoms with Crippen LogP contribution in [0.5, 0.6) is 0 Å². The standard InChI is InChI=1S/C19H28N2O3/c22-19(20-11-16-6-3-8-23-16)15-10-18-17(7-9-24-18)21(13-15)12-14-4-1-2-5-14/h3,6,8,14-15,17-18H,1-2,4-5,7,9-13H2,(H,20,22)/t15-,17+,18+/m0/s1. The van der Waals surface area contributed by atoms with Crippen LogP contribution in [0.3, 0.4) is 0 Å². The Kier molecular flexibility index (Phi) is 4.90. The van der Waals surface area contributed by atoms with Crippen LogP contribution in [-0.2, 0) is 16.1 Å². The third-order valence-electron chi connectivity index (χ3n) is 5.97. The normalized spacial score (nSPS) is 31.2. The third kappa shape index (κ3) is 3.52. The van der Waals surface area contributed by atoms with E-state index in [0.29, 0.717) is 12.6 Å². The van der Waals surface area contributed by atoms with Crippen molar-refractivity contribution in [2.24, 2.45) is 11.8 Å². The number of nitrogens with one attached hydrogen (secondary N) is 1. The molecular formula is C19H28N2O3. The van der Waals surface area contributed by atoms with E-state index in [9.17, 15) is 4.79 Å². The Morgan fingerprint density at radius 2 is 2.17 bits per heavy atom. The fourth-order valence-electron chi connectivity index (χ4n) is 4.71. The van der Waals surface area contributed by atoms with Gasteiger partial charge in [0.15, 0.2) is 0 Å². The number of likely N-dealkylation sites (tertiary alicyclic amines) is 1. The number of furan rings is 1. The molecule has 1 N–H and O–H groups in total. The first-order valence-corrected chi connectivity index (χ1v) is 9.45. The Balaban J connectivity index is 1.36. The molecule has 1 saturated carbocycles. The maximum atomic E-state index is 12.6. The van der Waals surface area contributed by atoms with Crippen LogP contribution in [-0.4, -0.2) is 42.6 Å². The van der Waals surface area contributed by atoms with E-state index in [0.717, 1.165) is 44.2 Å². The molecule has 3 fully saturated rings. The highest BCUT2D eigenvalue weighted by Gasteiger charge is 2.42. The summed E-state index contributed by atoms with van der Waals surface area (Å²) in [6.07, 6.45) is 9.30. The van der Waals surface area contributed by atoms with Crippen LogP contribution >= 0.6 is 0 Å². The van der Waals surface area contributed by atoms with Gasteiger partial charge in [-0.25, -0.2) is 0 Å². The number of hydrogen-bond donors (Lipinski definition) is 1.